The molecule has 0 bridgehead atoms. The largest absolute Gasteiger partial charge is 0.372 e. The van der Waals surface area contributed by atoms with Crippen molar-refractivity contribution in [2.24, 2.45) is 0 Å². The topological polar surface area (TPSA) is 64.7 Å². The summed E-state index contributed by atoms with van der Waals surface area (Å²) in [5.41, 5.74) is 2.30. The van der Waals surface area contributed by atoms with E-state index in [4.69, 9.17) is 0 Å². The minimum Gasteiger partial charge on any atom is -0.372 e. The summed E-state index contributed by atoms with van der Waals surface area (Å²) in [5.74, 6) is 0.0173. The van der Waals surface area contributed by atoms with Crippen LogP contribution in [0.5, 0.6) is 0 Å². The highest BCUT2D eigenvalue weighted by Gasteiger charge is 2.25. The van der Waals surface area contributed by atoms with E-state index >= 15 is 0 Å². The lowest BCUT2D eigenvalue weighted by molar-refractivity contribution is -0.115. The van der Waals surface area contributed by atoms with Gasteiger partial charge in [-0.15, -0.1) is 24.8 Å². The Labute approximate surface area is 154 Å². The Bertz CT molecular complexity index is 612. The maximum atomic E-state index is 12.7. The first-order valence-corrected chi connectivity index (χ1v) is 7.73. The second-order valence-electron chi connectivity index (χ2n) is 6.00. The van der Waals surface area contributed by atoms with E-state index < -0.39 is 0 Å². The minimum atomic E-state index is -0.00857. The smallest absolute Gasteiger partial charge is 0.254 e. The Morgan fingerprint density at radius 1 is 1.25 bits per heavy atom. The van der Waals surface area contributed by atoms with Crippen molar-refractivity contribution in [1.29, 1.82) is 0 Å². The highest BCUT2D eigenvalue weighted by atomic mass is 35.5. The highest BCUT2D eigenvalue weighted by Crippen LogP contribution is 2.29. The van der Waals surface area contributed by atoms with E-state index in [2.05, 4.69) is 10.6 Å². The monoisotopic (exact) mass is 374 g/mol. The zero-order valence-electron chi connectivity index (χ0n) is 13.9. The van der Waals surface area contributed by atoms with Crippen LogP contribution in [0.3, 0.4) is 0 Å². The van der Waals surface area contributed by atoms with Crippen LogP contribution >= 0.6 is 24.8 Å². The molecule has 1 fully saturated rings. The van der Waals surface area contributed by atoms with Gasteiger partial charge in [0.15, 0.2) is 0 Å². The molecule has 2 aliphatic heterocycles. The number of hydrogen-bond donors (Lipinski definition) is 2. The SMILES string of the molecule is C[C@H]1CNCCN1C(=O)c1ccc2c(c1)NC(=O)CCN2C.Cl.Cl. The van der Waals surface area contributed by atoms with Crippen LogP contribution in [0, 0.1) is 0 Å². The van der Waals surface area contributed by atoms with Gasteiger partial charge in [-0.2, -0.15) is 0 Å². The van der Waals surface area contributed by atoms with Crippen molar-refractivity contribution in [1.82, 2.24) is 10.2 Å². The first-order valence-electron chi connectivity index (χ1n) is 7.73. The summed E-state index contributed by atoms with van der Waals surface area (Å²) in [5, 5.41) is 6.18. The molecule has 134 valence electrons. The quantitative estimate of drug-likeness (QED) is 0.785. The molecule has 3 rings (SSSR count). The van der Waals surface area contributed by atoms with Crippen molar-refractivity contribution in [3.05, 3.63) is 23.8 Å². The second-order valence-corrected chi connectivity index (χ2v) is 6.00. The van der Waals surface area contributed by atoms with Gasteiger partial charge in [0, 0.05) is 51.3 Å². The molecule has 0 unspecified atom stereocenters. The maximum absolute atomic E-state index is 12.7. The highest BCUT2D eigenvalue weighted by molar-refractivity contribution is 6.01. The van der Waals surface area contributed by atoms with Gasteiger partial charge in [0.05, 0.1) is 11.4 Å². The van der Waals surface area contributed by atoms with Gasteiger partial charge in [-0.3, -0.25) is 9.59 Å². The molecule has 2 heterocycles. The van der Waals surface area contributed by atoms with E-state index in [1.165, 1.54) is 0 Å². The Morgan fingerprint density at radius 3 is 2.71 bits per heavy atom. The molecule has 0 saturated carbocycles. The first kappa shape index (κ1) is 20.5. The number of carbonyl (C=O) groups is 2. The molecule has 2 N–H and O–H groups in total. The number of benzene rings is 1. The van der Waals surface area contributed by atoms with Crippen LogP contribution in [-0.4, -0.2) is 56.0 Å². The molecule has 8 heteroatoms. The third-order valence-corrected chi connectivity index (χ3v) is 4.37. The Kier molecular flexibility index (Phi) is 7.32. The van der Waals surface area contributed by atoms with Gasteiger partial charge in [0.25, 0.3) is 5.91 Å². The van der Waals surface area contributed by atoms with Gasteiger partial charge < -0.3 is 20.4 Å². The van der Waals surface area contributed by atoms with Crippen molar-refractivity contribution in [2.45, 2.75) is 19.4 Å². The Morgan fingerprint density at radius 2 is 2.00 bits per heavy atom. The molecule has 6 nitrogen and oxygen atoms in total. The maximum Gasteiger partial charge on any atom is 0.254 e. The minimum absolute atomic E-state index is 0. The van der Waals surface area contributed by atoms with Crippen molar-refractivity contribution in [3.8, 4) is 0 Å². The second kappa shape index (κ2) is 8.55. The van der Waals surface area contributed by atoms with Gasteiger partial charge in [0.1, 0.15) is 0 Å². The molecular formula is C16H24Cl2N4O2. The molecule has 2 aliphatic rings. The number of rotatable bonds is 1. The lowest BCUT2D eigenvalue weighted by Crippen LogP contribution is -2.52. The fourth-order valence-electron chi connectivity index (χ4n) is 3.01. The summed E-state index contributed by atoms with van der Waals surface area (Å²) in [4.78, 5) is 28.4. The lowest BCUT2D eigenvalue weighted by atomic mass is 10.1. The lowest BCUT2D eigenvalue weighted by Gasteiger charge is -2.34. The molecule has 0 spiro atoms. The number of piperazine rings is 1. The average molecular weight is 375 g/mol. The molecule has 1 aromatic carbocycles. The summed E-state index contributed by atoms with van der Waals surface area (Å²) in [6, 6.07) is 5.74. The van der Waals surface area contributed by atoms with Crippen molar-refractivity contribution in [2.75, 3.05) is 43.4 Å². The molecule has 24 heavy (non-hydrogen) atoms. The zero-order valence-corrected chi connectivity index (χ0v) is 15.5. The van der Waals surface area contributed by atoms with Crippen LogP contribution in [-0.2, 0) is 4.79 Å². The van der Waals surface area contributed by atoms with Gasteiger partial charge in [0.2, 0.25) is 5.91 Å². The molecule has 1 aromatic rings. The van der Waals surface area contributed by atoms with Gasteiger partial charge in [-0.1, -0.05) is 0 Å². The summed E-state index contributed by atoms with van der Waals surface area (Å²) in [6.07, 6.45) is 0.462. The molecule has 1 saturated heterocycles. The number of fused-ring (bicyclic) bond motifs is 1. The first-order chi connectivity index (χ1) is 10.6. The average Bonchev–Trinajstić information content (AvgIpc) is 2.65. The molecule has 0 radical (unpaired) electrons. The molecule has 0 aliphatic carbocycles. The summed E-state index contributed by atoms with van der Waals surface area (Å²) < 4.78 is 0. The summed E-state index contributed by atoms with van der Waals surface area (Å²) in [7, 11) is 1.96. The molecule has 2 amide bonds. The number of halogens is 2. The van der Waals surface area contributed by atoms with E-state index in [1.54, 1.807) is 6.07 Å². The van der Waals surface area contributed by atoms with Crippen LogP contribution in [0.25, 0.3) is 0 Å². The van der Waals surface area contributed by atoms with Crippen LogP contribution in [0.15, 0.2) is 18.2 Å². The van der Waals surface area contributed by atoms with E-state index in [9.17, 15) is 9.59 Å². The van der Waals surface area contributed by atoms with Gasteiger partial charge >= 0.3 is 0 Å². The fourth-order valence-corrected chi connectivity index (χ4v) is 3.01. The van der Waals surface area contributed by atoms with E-state index in [0.717, 1.165) is 24.5 Å². The standard InChI is InChI=1S/C16H22N4O2.2ClH/c1-11-10-17-6-8-20(11)16(22)12-3-4-14-13(9-12)18-15(21)5-7-19(14)2;;/h3-4,9,11,17H,5-8,10H2,1-2H3,(H,18,21);2*1H/t11-;;/m0../s1. The van der Waals surface area contributed by atoms with Crippen molar-refractivity contribution in [3.63, 3.8) is 0 Å². The van der Waals surface area contributed by atoms with Gasteiger partial charge in [-0.05, 0) is 25.1 Å². The fraction of sp³-hybridized carbons (Fsp3) is 0.500. The van der Waals surface area contributed by atoms with Crippen molar-refractivity contribution < 1.29 is 9.59 Å². The number of nitrogens with zero attached hydrogens (tertiary/aromatic N) is 2. The van der Waals surface area contributed by atoms with Crippen LogP contribution in [0.2, 0.25) is 0 Å². The van der Waals surface area contributed by atoms with Crippen LogP contribution < -0.4 is 15.5 Å². The van der Waals surface area contributed by atoms with E-state index in [-0.39, 0.29) is 42.7 Å². The Balaban J connectivity index is 0.00000144. The van der Waals surface area contributed by atoms with E-state index in [0.29, 0.717) is 25.1 Å². The summed E-state index contributed by atoms with van der Waals surface area (Å²) in [6.45, 7) is 5.07. The number of amides is 2. The van der Waals surface area contributed by atoms with Crippen molar-refractivity contribution >= 4 is 48.0 Å². The molecular weight excluding hydrogens is 351 g/mol. The van der Waals surface area contributed by atoms with Crippen LogP contribution in [0.1, 0.15) is 23.7 Å². The third kappa shape index (κ3) is 4.12. The number of carbonyl (C=O) groups excluding carboxylic acids is 2. The predicted octanol–water partition coefficient (Wildman–Crippen LogP) is 1.74. The molecule has 0 aromatic heterocycles. The van der Waals surface area contributed by atoms with E-state index in [1.807, 2.05) is 35.9 Å². The summed E-state index contributed by atoms with van der Waals surface area (Å²) >= 11 is 0. The molecule has 1 atom stereocenters. The normalized spacial score (nSPS) is 20.1. The zero-order chi connectivity index (χ0) is 15.7. The third-order valence-electron chi connectivity index (χ3n) is 4.37. The predicted molar refractivity (Wildman–Crippen MR) is 101 cm³/mol. The number of hydrogen-bond acceptors (Lipinski definition) is 4. The van der Waals surface area contributed by atoms with Crippen LogP contribution in [0.4, 0.5) is 11.4 Å². The van der Waals surface area contributed by atoms with Gasteiger partial charge in [-0.25, -0.2) is 0 Å². The Hall–Kier alpha value is -1.50. The number of nitrogens with one attached hydrogen (secondary N) is 2. The number of anilines is 2.